The van der Waals surface area contributed by atoms with Crippen LogP contribution in [0.5, 0.6) is 0 Å². The van der Waals surface area contributed by atoms with E-state index in [1.165, 1.54) is 0 Å². The highest BCUT2D eigenvalue weighted by Crippen LogP contribution is 2.24. The van der Waals surface area contributed by atoms with Gasteiger partial charge in [-0.05, 0) is 42.7 Å². The standard InChI is InChI=1S/C20H18Cl2N4O/c21-16-4-3-14(17(22)12-16)2-1-9-25-10-11-26-19(27)13-18(24-20(25)26)15-5-7-23-8-6-15/h3-8,12-13H,1-2,9-11H2. The lowest BCUT2D eigenvalue weighted by atomic mass is 10.1. The molecule has 0 bridgehead atoms. The summed E-state index contributed by atoms with van der Waals surface area (Å²) in [4.78, 5) is 23.4. The van der Waals surface area contributed by atoms with Gasteiger partial charge in [0.2, 0.25) is 5.95 Å². The Hall–Kier alpha value is -2.37. The number of aromatic nitrogens is 3. The molecule has 0 aliphatic carbocycles. The number of pyridine rings is 1. The molecule has 4 rings (SSSR count). The predicted molar refractivity (Wildman–Crippen MR) is 109 cm³/mol. The highest BCUT2D eigenvalue weighted by atomic mass is 35.5. The van der Waals surface area contributed by atoms with Crippen LogP contribution in [0.2, 0.25) is 10.0 Å². The fourth-order valence-electron chi connectivity index (χ4n) is 3.33. The SMILES string of the molecule is O=c1cc(-c2ccncc2)nc2n1CCN2CCCc1ccc(Cl)cc1Cl. The zero-order chi connectivity index (χ0) is 18.8. The molecule has 0 N–H and O–H groups in total. The molecular formula is C20H18Cl2N4O. The maximum absolute atomic E-state index is 12.5. The van der Waals surface area contributed by atoms with Crippen LogP contribution in [0.4, 0.5) is 5.95 Å². The third kappa shape index (κ3) is 3.84. The Morgan fingerprint density at radius 3 is 2.63 bits per heavy atom. The number of rotatable bonds is 5. The maximum Gasteiger partial charge on any atom is 0.255 e. The summed E-state index contributed by atoms with van der Waals surface area (Å²) in [6.45, 7) is 2.26. The van der Waals surface area contributed by atoms with Crippen molar-refractivity contribution >= 4 is 29.2 Å². The molecule has 0 spiro atoms. The molecule has 0 saturated carbocycles. The Kier molecular flexibility index (Phi) is 5.14. The number of nitrogens with zero attached hydrogens (tertiary/aromatic N) is 4. The van der Waals surface area contributed by atoms with Crippen LogP contribution in [-0.2, 0) is 13.0 Å². The van der Waals surface area contributed by atoms with Crippen molar-refractivity contribution in [3.8, 4) is 11.3 Å². The monoisotopic (exact) mass is 400 g/mol. The summed E-state index contributed by atoms with van der Waals surface area (Å²) in [5.74, 6) is 0.733. The van der Waals surface area contributed by atoms with Crippen molar-refractivity contribution < 1.29 is 0 Å². The zero-order valence-corrected chi connectivity index (χ0v) is 16.1. The van der Waals surface area contributed by atoms with Crippen LogP contribution in [0.3, 0.4) is 0 Å². The average Bonchev–Trinajstić information content (AvgIpc) is 3.08. The molecule has 0 amide bonds. The topological polar surface area (TPSA) is 51.0 Å². The van der Waals surface area contributed by atoms with Crippen molar-refractivity contribution in [2.75, 3.05) is 18.0 Å². The molecule has 0 saturated heterocycles. The van der Waals surface area contributed by atoms with Crippen LogP contribution in [0, 0.1) is 0 Å². The molecular weight excluding hydrogens is 383 g/mol. The third-order valence-electron chi connectivity index (χ3n) is 4.73. The first-order valence-electron chi connectivity index (χ1n) is 8.83. The molecule has 0 fully saturated rings. The van der Waals surface area contributed by atoms with Gasteiger partial charge in [0, 0.05) is 53.7 Å². The minimum Gasteiger partial charge on any atom is -0.340 e. The lowest BCUT2D eigenvalue weighted by molar-refractivity contribution is 0.727. The minimum absolute atomic E-state index is 0.0185. The number of halogens is 2. The number of fused-ring (bicyclic) bond motifs is 1. The Morgan fingerprint density at radius 2 is 1.85 bits per heavy atom. The molecule has 5 nitrogen and oxygen atoms in total. The minimum atomic E-state index is -0.0185. The average molecular weight is 401 g/mol. The highest BCUT2D eigenvalue weighted by molar-refractivity contribution is 6.35. The Balaban J connectivity index is 1.51. The maximum atomic E-state index is 12.5. The molecule has 3 aromatic rings. The molecule has 27 heavy (non-hydrogen) atoms. The fraction of sp³-hybridized carbons (Fsp3) is 0.250. The van der Waals surface area contributed by atoms with Crippen molar-refractivity contribution in [1.82, 2.24) is 14.5 Å². The van der Waals surface area contributed by atoms with E-state index >= 15 is 0 Å². The molecule has 1 aromatic carbocycles. The van der Waals surface area contributed by atoms with E-state index in [1.807, 2.05) is 24.3 Å². The van der Waals surface area contributed by atoms with E-state index in [2.05, 4.69) is 9.88 Å². The van der Waals surface area contributed by atoms with Gasteiger partial charge in [0.1, 0.15) is 0 Å². The van der Waals surface area contributed by atoms with Gasteiger partial charge in [-0.1, -0.05) is 29.3 Å². The van der Waals surface area contributed by atoms with Crippen LogP contribution in [0.1, 0.15) is 12.0 Å². The fourth-order valence-corrected chi connectivity index (χ4v) is 3.84. The van der Waals surface area contributed by atoms with Crippen LogP contribution in [-0.4, -0.2) is 27.6 Å². The van der Waals surface area contributed by atoms with Gasteiger partial charge in [-0.15, -0.1) is 0 Å². The first-order chi connectivity index (χ1) is 13.1. The molecule has 7 heteroatoms. The quantitative estimate of drug-likeness (QED) is 0.647. The first kappa shape index (κ1) is 18.0. The van der Waals surface area contributed by atoms with Crippen LogP contribution in [0.25, 0.3) is 11.3 Å². The number of hydrogen-bond donors (Lipinski definition) is 0. The van der Waals surface area contributed by atoms with Crippen molar-refractivity contribution in [3.63, 3.8) is 0 Å². The molecule has 0 atom stereocenters. The smallest absolute Gasteiger partial charge is 0.255 e. The van der Waals surface area contributed by atoms with E-state index in [-0.39, 0.29) is 5.56 Å². The van der Waals surface area contributed by atoms with Crippen molar-refractivity contribution in [2.45, 2.75) is 19.4 Å². The Labute approximate surface area is 167 Å². The Bertz CT molecular complexity index is 1020. The molecule has 1 aliphatic heterocycles. The van der Waals surface area contributed by atoms with Crippen LogP contribution >= 0.6 is 23.2 Å². The van der Waals surface area contributed by atoms with Gasteiger partial charge >= 0.3 is 0 Å². The summed E-state index contributed by atoms with van der Waals surface area (Å²) in [6.07, 6.45) is 5.17. The van der Waals surface area contributed by atoms with Gasteiger partial charge in [0.15, 0.2) is 0 Å². The molecule has 0 unspecified atom stereocenters. The molecule has 0 radical (unpaired) electrons. The summed E-state index contributed by atoms with van der Waals surface area (Å²) in [6, 6.07) is 10.9. The normalized spacial score (nSPS) is 13.0. The number of benzene rings is 1. The van der Waals surface area contributed by atoms with Gasteiger partial charge in [0.05, 0.1) is 5.69 Å². The summed E-state index contributed by atoms with van der Waals surface area (Å²) in [5.41, 5.74) is 2.64. The number of aryl methyl sites for hydroxylation is 1. The lowest BCUT2D eigenvalue weighted by Gasteiger charge is -2.18. The van der Waals surface area contributed by atoms with Crippen LogP contribution in [0.15, 0.2) is 53.6 Å². The third-order valence-corrected chi connectivity index (χ3v) is 5.32. The summed E-state index contributed by atoms with van der Waals surface area (Å²) >= 11 is 12.2. The van der Waals surface area contributed by atoms with Gasteiger partial charge < -0.3 is 4.90 Å². The Morgan fingerprint density at radius 1 is 1.04 bits per heavy atom. The number of hydrogen-bond acceptors (Lipinski definition) is 4. The van der Waals surface area contributed by atoms with Gasteiger partial charge in [-0.25, -0.2) is 4.98 Å². The van der Waals surface area contributed by atoms with E-state index in [9.17, 15) is 4.79 Å². The molecule has 2 aromatic heterocycles. The zero-order valence-electron chi connectivity index (χ0n) is 14.6. The van der Waals surface area contributed by atoms with Gasteiger partial charge in [0.25, 0.3) is 5.56 Å². The van der Waals surface area contributed by atoms with E-state index in [1.54, 1.807) is 29.1 Å². The lowest BCUT2D eigenvalue weighted by Crippen LogP contribution is -2.24. The second kappa shape index (κ2) is 7.71. The van der Waals surface area contributed by atoms with Crippen LogP contribution < -0.4 is 10.5 Å². The molecule has 138 valence electrons. The van der Waals surface area contributed by atoms with Gasteiger partial charge in [-0.3, -0.25) is 14.3 Å². The molecule has 1 aliphatic rings. The summed E-state index contributed by atoms with van der Waals surface area (Å²) < 4.78 is 1.74. The summed E-state index contributed by atoms with van der Waals surface area (Å²) in [5, 5.41) is 1.34. The number of anilines is 1. The second-order valence-corrected chi connectivity index (χ2v) is 7.34. The van der Waals surface area contributed by atoms with E-state index in [0.29, 0.717) is 22.3 Å². The largest absolute Gasteiger partial charge is 0.340 e. The van der Waals surface area contributed by atoms with E-state index in [4.69, 9.17) is 28.2 Å². The van der Waals surface area contributed by atoms with Crippen molar-refractivity contribution in [1.29, 1.82) is 0 Å². The first-order valence-corrected chi connectivity index (χ1v) is 9.58. The van der Waals surface area contributed by atoms with Crippen molar-refractivity contribution in [3.05, 3.63) is 74.8 Å². The molecule has 3 heterocycles. The van der Waals surface area contributed by atoms with Crippen molar-refractivity contribution in [2.24, 2.45) is 0 Å². The summed E-state index contributed by atoms with van der Waals surface area (Å²) in [7, 11) is 0. The van der Waals surface area contributed by atoms with E-state index < -0.39 is 0 Å². The predicted octanol–water partition coefficient (Wildman–Crippen LogP) is 4.06. The highest BCUT2D eigenvalue weighted by Gasteiger charge is 2.22. The van der Waals surface area contributed by atoms with Gasteiger partial charge in [-0.2, -0.15) is 0 Å². The second-order valence-electron chi connectivity index (χ2n) is 6.49. The van der Waals surface area contributed by atoms with E-state index in [0.717, 1.165) is 43.0 Å².